The summed E-state index contributed by atoms with van der Waals surface area (Å²) in [7, 11) is 1.67. The quantitative estimate of drug-likeness (QED) is 0.791. The van der Waals surface area contributed by atoms with Crippen LogP contribution < -0.4 is 9.47 Å². The van der Waals surface area contributed by atoms with Gasteiger partial charge in [0.25, 0.3) is 0 Å². The summed E-state index contributed by atoms with van der Waals surface area (Å²) in [6.07, 6.45) is 0.967. The molecule has 0 spiro atoms. The SMILES string of the molecule is COc1ccsc1C(Cl)c1ccc2c(c1)CCO2. The van der Waals surface area contributed by atoms with Crippen LogP contribution in [0, 0.1) is 0 Å². The van der Waals surface area contributed by atoms with Gasteiger partial charge in [0.05, 0.1) is 24.0 Å². The number of fused-ring (bicyclic) bond motifs is 1. The minimum Gasteiger partial charge on any atom is -0.496 e. The first-order chi connectivity index (χ1) is 8.79. The van der Waals surface area contributed by atoms with Gasteiger partial charge in [-0.3, -0.25) is 0 Å². The van der Waals surface area contributed by atoms with Crippen LogP contribution in [0.15, 0.2) is 29.6 Å². The van der Waals surface area contributed by atoms with E-state index in [0.29, 0.717) is 0 Å². The molecule has 2 aromatic rings. The van der Waals surface area contributed by atoms with Gasteiger partial charge in [-0.25, -0.2) is 0 Å². The van der Waals surface area contributed by atoms with Gasteiger partial charge in [-0.1, -0.05) is 12.1 Å². The van der Waals surface area contributed by atoms with Crippen molar-refractivity contribution in [1.29, 1.82) is 0 Å². The molecule has 0 radical (unpaired) electrons. The number of hydrogen-bond acceptors (Lipinski definition) is 3. The molecule has 4 heteroatoms. The maximum absolute atomic E-state index is 6.55. The maximum Gasteiger partial charge on any atom is 0.134 e. The van der Waals surface area contributed by atoms with Gasteiger partial charge >= 0.3 is 0 Å². The number of thiophene rings is 1. The summed E-state index contributed by atoms with van der Waals surface area (Å²) in [4.78, 5) is 1.05. The summed E-state index contributed by atoms with van der Waals surface area (Å²) in [5, 5.41) is 1.84. The Morgan fingerprint density at radius 3 is 3.11 bits per heavy atom. The molecule has 0 saturated carbocycles. The van der Waals surface area contributed by atoms with Crippen molar-refractivity contribution in [3.05, 3.63) is 45.6 Å². The van der Waals surface area contributed by atoms with Crippen LogP contribution in [0.3, 0.4) is 0 Å². The minimum absolute atomic E-state index is 0.161. The summed E-state index contributed by atoms with van der Waals surface area (Å²) in [5.41, 5.74) is 2.34. The van der Waals surface area contributed by atoms with Crippen LogP contribution in [0.4, 0.5) is 0 Å². The van der Waals surface area contributed by atoms with Gasteiger partial charge in [0, 0.05) is 6.42 Å². The summed E-state index contributed by atoms with van der Waals surface area (Å²) < 4.78 is 10.8. The molecule has 0 bridgehead atoms. The molecule has 1 atom stereocenters. The first-order valence-corrected chi connectivity index (χ1v) is 7.12. The zero-order valence-corrected chi connectivity index (χ0v) is 11.6. The molecule has 0 aliphatic carbocycles. The molecule has 1 aliphatic heterocycles. The van der Waals surface area contributed by atoms with Crippen molar-refractivity contribution < 1.29 is 9.47 Å². The molecular formula is C14H13ClO2S. The van der Waals surface area contributed by atoms with Crippen molar-refractivity contribution in [2.24, 2.45) is 0 Å². The lowest BCUT2D eigenvalue weighted by Gasteiger charge is -2.11. The minimum atomic E-state index is -0.161. The number of hydrogen-bond donors (Lipinski definition) is 0. The van der Waals surface area contributed by atoms with Gasteiger partial charge < -0.3 is 9.47 Å². The molecule has 0 amide bonds. The van der Waals surface area contributed by atoms with Crippen molar-refractivity contribution in [3.63, 3.8) is 0 Å². The third-order valence-electron chi connectivity index (χ3n) is 3.11. The van der Waals surface area contributed by atoms with E-state index in [1.165, 1.54) is 5.56 Å². The number of rotatable bonds is 3. The second kappa shape index (κ2) is 4.82. The largest absolute Gasteiger partial charge is 0.496 e. The van der Waals surface area contributed by atoms with E-state index in [2.05, 4.69) is 6.07 Å². The monoisotopic (exact) mass is 280 g/mol. The highest BCUT2D eigenvalue weighted by Gasteiger charge is 2.20. The zero-order chi connectivity index (χ0) is 12.5. The molecule has 2 nitrogen and oxygen atoms in total. The smallest absolute Gasteiger partial charge is 0.134 e. The average molecular weight is 281 g/mol. The molecule has 1 aromatic carbocycles. The highest BCUT2D eigenvalue weighted by molar-refractivity contribution is 7.10. The molecule has 1 aromatic heterocycles. The van der Waals surface area contributed by atoms with Crippen LogP contribution in [0.1, 0.15) is 21.4 Å². The molecule has 18 heavy (non-hydrogen) atoms. The van der Waals surface area contributed by atoms with Crippen LogP contribution in [0.2, 0.25) is 0 Å². The van der Waals surface area contributed by atoms with E-state index in [1.54, 1.807) is 18.4 Å². The Morgan fingerprint density at radius 1 is 1.39 bits per heavy atom. The average Bonchev–Trinajstić information content (AvgIpc) is 3.05. The van der Waals surface area contributed by atoms with Gasteiger partial charge in [0.15, 0.2) is 0 Å². The lowest BCUT2D eigenvalue weighted by atomic mass is 10.1. The normalized spacial score (nSPS) is 15.0. The third kappa shape index (κ3) is 1.98. The van der Waals surface area contributed by atoms with Crippen molar-refractivity contribution in [3.8, 4) is 11.5 Å². The molecule has 0 fully saturated rings. The summed E-state index contributed by atoms with van der Waals surface area (Å²) in [6, 6.07) is 8.12. The standard InChI is InChI=1S/C14H13ClO2S/c1-16-12-5-7-18-14(12)13(15)10-2-3-11-9(8-10)4-6-17-11/h2-3,5,7-8,13H,4,6H2,1H3. The number of halogens is 1. The predicted octanol–water partition coefficient (Wildman–Crippen LogP) is 4.02. The summed E-state index contributed by atoms with van der Waals surface area (Å²) in [6.45, 7) is 0.772. The van der Waals surface area contributed by atoms with E-state index in [4.69, 9.17) is 21.1 Å². The number of alkyl halides is 1. The summed E-state index contributed by atoms with van der Waals surface area (Å²) in [5.74, 6) is 1.84. The molecule has 0 saturated heterocycles. The fraction of sp³-hybridized carbons (Fsp3) is 0.286. The Morgan fingerprint density at radius 2 is 2.28 bits per heavy atom. The summed E-state index contributed by atoms with van der Waals surface area (Å²) >= 11 is 8.17. The highest BCUT2D eigenvalue weighted by Crippen LogP contribution is 2.40. The van der Waals surface area contributed by atoms with Crippen molar-refractivity contribution >= 4 is 22.9 Å². The Labute approximate surface area is 115 Å². The Kier molecular flexibility index (Phi) is 3.18. The van der Waals surface area contributed by atoms with Crippen LogP contribution >= 0.6 is 22.9 Å². The topological polar surface area (TPSA) is 18.5 Å². The maximum atomic E-state index is 6.55. The number of benzene rings is 1. The predicted molar refractivity (Wildman–Crippen MR) is 74.2 cm³/mol. The van der Waals surface area contributed by atoms with Crippen LogP contribution in [-0.2, 0) is 6.42 Å². The van der Waals surface area contributed by atoms with Crippen LogP contribution in [-0.4, -0.2) is 13.7 Å². The van der Waals surface area contributed by atoms with E-state index < -0.39 is 0 Å². The fourth-order valence-electron chi connectivity index (χ4n) is 2.18. The van der Waals surface area contributed by atoms with E-state index in [0.717, 1.165) is 35.0 Å². The third-order valence-corrected chi connectivity index (χ3v) is 4.68. The van der Waals surface area contributed by atoms with Crippen LogP contribution in [0.25, 0.3) is 0 Å². The Balaban J connectivity index is 1.95. The lowest BCUT2D eigenvalue weighted by Crippen LogP contribution is -1.94. The molecule has 3 rings (SSSR count). The van der Waals surface area contributed by atoms with Crippen molar-refractivity contribution in [2.45, 2.75) is 11.8 Å². The first-order valence-electron chi connectivity index (χ1n) is 5.80. The van der Waals surface area contributed by atoms with Crippen LogP contribution in [0.5, 0.6) is 11.5 Å². The second-order valence-electron chi connectivity index (χ2n) is 4.18. The van der Waals surface area contributed by atoms with Gasteiger partial charge in [0.1, 0.15) is 11.5 Å². The molecule has 1 aliphatic rings. The van der Waals surface area contributed by atoms with Gasteiger partial charge in [-0.2, -0.15) is 0 Å². The molecule has 94 valence electrons. The van der Waals surface area contributed by atoms with Gasteiger partial charge in [-0.05, 0) is 28.6 Å². The number of ether oxygens (including phenoxy) is 2. The van der Waals surface area contributed by atoms with E-state index in [1.807, 2.05) is 23.6 Å². The second-order valence-corrected chi connectivity index (χ2v) is 5.57. The van der Waals surface area contributed by atoms with E-state index >= 15 is 0 Å². The van der Waals surface area contributed by atoms with Gasteiger partial charge in [-0.15, -0.1) is 22.9 Å². The molecule has 0 N–H and O–H groups in total. The van der Waals surface area contributed by atoms with E-state index in [9.17, 15) is 0 Å². The molecule has 2 heterocycles. The van der Waals surface area contributed by atoms with Crippen molar-refractivity contribution in [2.75, 3.05) is 13.7 Å². The molecular weight excluding hydrogens is 268 g/mol. The highest BCUT2D eigenvalue weighted by atomic mass is 35.5. The Hall–Kier alpha value is -1.19. The van der Waals surface area contributed by atoms with Gasteiger partial charge in [0.2, 0.25) is 0 Å². The van der Waals surface area contributed by atoms with Crippen molar-refractivity contribution in [1.82, 2.24) is 0 Å². The lowest BCUT2D eigenvalue weighted by molar-refractivity contribution is 0.357. The first kappa shape index (κ1) is 11.9. The fourth-order valence-corrected chi connectivity index (χ4v) is 3.44. The Bertz CT molecular complexity index is 565. The van der Waals surface area contributed by atoms with E-state index in [-0.39, 0.29) is 5.38 Å². The number of methoxy groups -OCH3 is 1. The molecule has 1 unspecified atom stereocenters. The zero-order valence-electron chi connectivity index (χ0n) is 9.98.